The van der Waals surface area contributed by atoms with Crippen molar-refractivity contribution in [2.45, 2.75) is 34.1 Å². The highest BCUT2D eigenvalue weighted by Crippen LogP contribution is 2.23. The predicted octanol–water partition coefficient (Wildman–Crippen LogP) is 4.29. The lowest BCUT2D eigenvalue weighted by Crippen LogP contribution is -2.37. The molecule has 0 aromatic rings. The van der Waals surface area contributed by atoms with E-state index in [-0.39, 0.29) is 0 Å². The second kappa shape index (κ2) is 13.8. The topological polar surface area (TPSA) is 12.5 Å². The van der Waals surface area contributed by atoms with Gasteiger partial charge in [-0.25, -0.2) is 0 Å². The summed E-state index contributed by atoms with van der Waals surface area (Å²) in [5, 5.41) is 2.23. The predicted molar refractivity (Wildman–Crippen MR) is 87.3 cm³/mol. The first-order chi connectivity index (χ1) is 8.79. The van der Waals surface area contributed by atoms with E-state index in [1.165, 1.54) is 18.7 Å². The Balaban J connectivity index is 0.00000137. The Morgan fingerprint density at radius 3 is 2.50 bits per heavy atom. The van der Waals surface area contributed by atoms with Crippen LogP contribution in [0.15, 0.2) is 11.5 Å². The molecule has 0 radical (unpaired) electrons. The molecule has 0 saturated carbocycles. The van der Waals surface area contributed by atoms with E-state index in [0.717, 1.165) is 32.2 Å². The van der Waals surface area contributed by atoms with Crippen molar-refractivity contribution < 1.29 is 4.74 Å². The third-order valence-electron chi connectivity index (χ3n) is 2.42. The Hall–Kier alpha value is 0.360. The van der Waals surface area contributed by atoms with Crippen LogP contribution in [0.5, 0.6) is 0 Å². The van der Waals surface area contributed by atoms with Crippen LogP contribution in [-0.4, -0.2) is 43.5 Å². The van der Waals surface area contributed by atoms with Gasteiger partial charge in [0.15, 0.2) is 0 Å². The van der Waals surface area contributed by atoms with Crippen LogP contribution >= 0.6 is 21.6 Å². The van der Waals surface area contributed by atoms with Crippen molar-refractivity contribution in [2.24, 2.45) is 5.92 Å². The Kier molecular flexibility index (Phi) is 14.1. The monoisotopic (exact) mass is 291 g/mol. The third-order valence-corrected chi connectivity index (χ3v) is 4.45. The molecule has 1 rings (SSSR count). The van der Waals surface area contributed by atoms with Crippen molar-refractivity contribution in [3.63, 3.8) is 0 Å². The molecule has 2 nitrogen and oxygen atoms in total. The zero-order chi connectivity index (χ0) is 13.6. The molecule has 108 valence electrons. The quantitative estimate of drug-likeness (QED) is 0.512. The highest BCUT2D eigenvalue weighted by Gasteiger charge is 2.08. The van der Waals surface area contributed by atoms with Crippen molar-refractivity contribution in [3.8, 4) is 0 Å². The summed E-state index contributed by atoms with van der Waals surface area (Å²) < 4.78 is 5.32. The lowest BCUT2D eigenvalue weighted by Gasteiger charge is -2.25. The number of nitrogens with zero attached hydrogens (tertiary/aromatic N) is 1. The Bertz CT molecular complexity index is 192. The molecule has 0 bridgehead atoms. The van der Waals surface area contributed by atoms with Gasteiger partial charge in [0.25, 0.3) is 0 Å². The Morgan fingerprint density at radius 1 is 1.22 bits per heavy atom. The van der Waals surface area contributed by atoms with Gasteiger partial charge >= 0.3 is 0 Å². The van der Waals surface area contributed by atoms with Gasteiger partial charge in [0.05, 0.1) is 13.2 Å². The van der Waals surface area contributed by atoms with E-state index >= 15 is 0 Å². The van der Waals surface area contributed by atoms with Gasteiger partial charge in [-0.05, 0) is 17.7 Å². The molecule has 1 fully saturated rings. The number of ether oxygens (including phenoxy) is 1. The lowest BCUT2D eigenvalue weighted by molar-refractivity contribution is 0.0410. The maximum atomic E-state index is 5.32. The highest BCUT2D eigenvalue weighted by atomic mass is 33.1. The van der Waals surface area contributed by atoms with Crippen molar-refractivity contribution in [2.75, 3.05) is 38.6 Å². The lowest BCUT2D eigenvalue weighted by atomic mass is 10.1. The van der Waals surface area contributed by atoms with Gasteiger partial charge in [-0.15, -0.1) is 0 Å². The molecule has 0 unspecified atom stereocenters. The van der Waals surface area contributed by atoms with Crippen LogP contribution < -0.4 is 0 Å². The summed E-state index contributed by atoms with van der Waals surface area (Å²) in [6.45, 7) is 13.7. The zero-order valence-corrected chi connectivity index (χ0v) is 14.0. The zero-order valence-electron chi connectivity index (χ0n) is 12.4. The molecule has 1 aliphatic heterocycles. The Morgan fingerprint density at radius 2 is 1.89 bits per heavy atom. The molecule has 1 aliphatic rings. The van der Waals surface area contributed by atoms with Crippen molar-refractivity contribution in [1.29, 1.82) is 0 Å². The number of hydrogen-bond acceptors (Lipinski definition) is 4. The van der Waals surface area contributed by atoms with E-state index in [4.69, 9.17) is 4.74 Å². The van der Waals surface area contributed by atoms with Crippen molar-refractivity contribution in [1.82, 2.24) is 4.90 Å². The second-order valence-corrected chi connectivity index (χ2v) is 6.77. The molecule has 18 heavy (non-hydrogen) atoms. The number of hydrogen-bond donors (Lipinski definition) is 0. The number of rotatable bonds is 7. The van der Waals surface area contributed by atoms with Crippen molar-refractivity contribution in [3.05, 3.63) is 11.5 Å². The minimum atomic E-state index is 0.773. The molecule has 0 N–H and O–H groups in total. The average molecular weight is 292 g/mol. The van der Waals surface area contributed by atoms with Crippen LogP contribution in [0.2, 0.25) is 0 Å². The largest absolute Gasteiger partial charge is 0.379 e. The molecule has 0 amide bonds. The molecule has 0 aromatic heterocycles. The molecule has 0 aliphatic carbocycles. The van der Waals surface area contributed by atoms with E-state index in [1.54, 1.807) is 0 Å². The maximum Gasteiger partial charge on any atom is 0.0594 e. The van der Waals surface area contributed by atoms with Gasteiger partial charge in [0.1, 0.15) is 0 Å². The summed E-state index contributed by atoms with van der Waals surface area (Å²) in [7, 11) is 3.81. The number of morpholine rings is 1. The first kappa shape index (κ1) is 18.4. The van der Waals surface area contributed by atoms with Gasteiger partial charge < -0.3 is 4.74 Å². The van der Waals surface area contributed by atoms with Crippen LogP contribution in [0, 0.1) is 5.92 Å². The van der Waals surface area contributed by atoms with Gasteiger partial charge in [0, 0.05) is 25.4 Å². The summed E-state index contributed by atoms with van der Waals surface area (Å²) in [4.78, 5) is 2.48. The summed E-state index contributed by atoms with van der Waals surface area (Å²) in [5.41, 5.74) is 0. The van der Waals surface area contributed by atoms with Gasteiger partial charge in [-0.3, -0.25) is 4.90 Å². The van der Waals surface area contributed by atoms with Crippen LogP contribution in [0.1, 0.15) is 34.1 Å². The van der Waals surface area contributed by atoms with Crippen LogP contribution in [0.3, 0.4) is 0 Å². The van der Waals surface area contributed by atoms with E-state index in [9.17, 15) is 0 Å². The Labute approximate surface area is 121 Å². The van der Waals surface area contributed by atoms with Crippen LogP contribution in [-0.2, 0) is 4.74 Å². The molecular formula is C14H29NOS2. The van der Waals surface area contributed by atoms with Gasteiger partial charge in [-0.2, -0.15) is 0 Å². The van der Waals surface area contributed by atoms with Gasteiger partial charge in [-0.1, -0.05) is 55.4 Å². The average Bonchev–Trinajstić information content (AvgIpc) is 2.41. The SMILES string of the molecule is CC.CC(C)C/C=C\SSCCN1CCOCC1. The summed E-state index contributed by atoms with van der Waals surface area (Å²) in [5.74, 6) is 1.98. The third kappa shape index (κ3) is 11.5. The number of allylic oxidation sites excluding steroid dienone is 1. The maximum absolute atomic E-state index is 5.32. The summed E-state index contributed by atoms with van der Waals surface area (Å²) >= 11 is 0. The molecule has 0 atom stereocenters. The summed E-state index contributed by atoms with van der Waals surface area (Å²) in [6, 6.07) is 0. The van der Waals surface area contributed by atoms with Gasteiger partial charge in [0.2, 0.25) is 0 Å². The molecule has 1 heterocycles. The molecule has 1 saturated heterocycles. The highest BCUT2D eigenvalue weighted by molar-refractivity contribution is 8.77. The molecule has 0 spiro atoms. The van der Waals surface area contributed by atoms with Crippen LogP contribution in [0.4, 0.5) is 0 Å². The summed E-state index contributed by atoms with van der Waals surface area (Å²) in [6.07, 6.45) is 3.47. The fourth-order valence-electron chi connectivity index (χ4n) is 1.45. The molecular weight excluding hydrogens is 262 g/mol. The van der Waals surface area contributed by atoms with E-state index in [0.29, 0.717) is 0 Å². The fourth-order valence-corrected chi connectivity index (χ4v) is 3.13. The molecule has 4 heteroatoms. The fraction of sp³-hybridized carbons (Fsp3) is 0.857. The minimum Gasteiger partial charge on any atom is -0.379 e. The first-order valence-electron chi connectivity index (χ1n) is 7.02. The van der Waals surface area contributed by atoms with Crippen LogP contribution in [0.25, 0.3) is 0 Å². The van der Waals surface area contributed by atoms with Crippen molar-refractivity contribution >= 4 is 21.6 Å². The smallest absolute Gasteiger partial charge is 0.0594 e. The minimum absolute atomic E-state index is 0.773. The van der Waals surface area contributed by atoms with E-state index in [2.05, 4.69) is 30.2 Å². The standard InChI is InChI=1S/C12H23NOS2.C2H6/c1-12(2)4-3-10-15-16-11-7-13-5-8-14-9-6-13;1-2/h3,10,12H,4-9,11H2,1-2H3;1-2H3/b10-3-;. The normalized spacial score (nSPS) is 16.9. The van der Waals surface area contributed by atoms with E-state index < -0.39 is 0 Å². The second-order valence-electron chi connectivity index (χ2n) is 4.37. The van der Waals surface area contributed by atoms with E-state index in [1.807, 2.05) is 35.4 Å². The molecule has 0 aromatic carbocycles. The first-order valence-corrected chi connectivity index (χ1v) is 9.40.